The summed E-state index contributed by atoms with van der Waals surface area (Å²) in [7, 11) is -1.57. The Balaban J connectivity index is 2.15. The van der Waals surface area contributed by atoms with E-state index in [4.69, 9.17) is 15.2 Å². The van der Waals surface area contributed by atoms with Crippen molar-refractivity contribution >= 4 is 12.6 Å². The van der Waals surface area contributed by atoms with Gasteiger partial charge in [-0.05, 0) is 24.5 Å². The number of nitrogens with two attached hydrogens (primary N) is 1. The summed E-state index contributed by atoms with van der Waals surface area (Å²) >= 11 is 0. The summed E-state index contributed by atoms with van der Waals surface area (Å²) in [5.74, 6) is 1.02. The fraction of sp³-hybridized carbons (Fsp3) is 0.538. The molecule has 1 heterocycles. The molecule has 5 nitrogen and oxygen atoms in total. The zero-order valence-corrected chi connectivity index (χ0v) is 10.8. The maximum Gasteiger partial charge on any atom is 0.492 e. The normalized spacial score (nSPS) is 19.7. The van der Waals surface area contributed by atoms with E-state index in [1.54, 1.807) is 0 Å². The average Bonchev–Trinajstić information content (AvgIpc) is 3.06. The smallest absolute Gasteiger partial charge is 0.454 e. The fourth-order valence-electron chi connectivity index (χ4n) is 3.35. The molecule has 0 bridgehead atoms. The van der Waals surface area contributed by atoms with E-state index >= 15 is 0 Å². The SMILES string of the molecule is NCC1(c2ccc3c(c2B(O)O)OCO3)CCCC1. The maximum absolute atomic E-state index is 9.72. The van der Waals surface area contributed by atoms with Gasteiger partial charge in [0.15, 0.2) is 11.5 Å². The van der Waals surface area contributed by atoms with E-state index in [-0.39, 0.29) is 12.2 Å². The van der Waals surface area contributed by atoms with Crippen LogP contribution in [0.25, 0.3) is 0 Å². The Morgan fingerprint density at radius 3 is 2.58 bits per heavy atom. The molecule has 6 heteroatoms. The molecule has 2 aliphatic rings. The van der Waals surface area contributed by atoms with E-state index in [0.29, 0.717) is 23.5 Å². The van der Waals surface area contributed by atoms with Gasteiger partial charge in [-0.15, -0.1) is 0 Å². The molecule has 0 radical (unpaired) electrons. The van der Waals surface area contributed by atoms with Crippen molar-refractivity contribution in [2.45, 2.75) is 31.1 Å². The standard InChI is InChI=1S/C13H18BNO4/c15-7-13(5-1-2-6-13)9-3-4-10-12(19-8-18-10)11(9)14(16)17/h3-4,16-17H,1-2,5-8,15H2. The van der Waals surface area contributed by atoms with Crippen LogP contribution in [0.1, 0.15) is 31.2 Å². The predicted molar refractivity (Wildman–Crippen MR) is 71.6 cm³/mol. The second kappa shape index (κ2) is 4.70. The fourth-order valence-corrected chi connectivity index (χ4v) is 3.35. The molecular formula is C13H18BNO4. The van der Waals surface area contributed by atoms with Crippen LogP contribution in [0.15, 0.2) is 12.1 Å². The summed E-state index contributed by atoms with van der Waals surface area (Å²) in [6.07, 6.45) is 4.19. The number of hydrogen-bond donors (Lipinski definition) is 3. The first kappa shape index (κ1) is 12.8. The van der Waals surface area contributed by atoms with Crippen LogP contribution in [-0.2, 0) is 5.41 Å². The van der Waals surface area contributed by atoms with E-state index in [9.17, 15) is 10.0 Å². The van der Waals surface area contributed by atoms with Crippen LogP contribution in [-0.4, -0.2) is 30.5 Å². The molecule has 1 fully saturated rings. The molecule has 0 unspecified atom stereocenters. The molecule has 0 atom stereocenters. The van der Waals surface area contributed by atoms with E-state index in [0.717, 1.165) is 31.2 Å². The van der Waals surface area contributed by atoms with Gasteiger partial charge in [0.1, 0.15) is 0 Å². The topological polar surface area (TPSA) is 84.9 Å². The predicted octanol–water partition coefficient (Wildman–Crippen LogP) is -0.134. The van der Waals surface area contributed by atoms with Gasteiger partial charge in [-0.25, -0.2) is 0 Å². The molecule has 0 amide bonds. The van der Waals surface area contributed by atoms with Crippen molar-refractivity contribution in [1.82, 2.24) is 0 Å². The quantitative estimate of drug-likeness (QED) is 0.661. The molecular weight excluding hydrogens is 245 g/mol. The third-order valence-electron chi connectivity index (χ3n) is 4.36. The van der Waals surface area contributed by atoms with Crippen LogP contribution in [0.4, 0.5) is 0 Å². The van der Waals surface area contributed by atoms with Gasteiger partial charge in [-0.1, -0.05) is 18.9 Å². The third-order valence-corrected chi connectivity index (χ3v) is 4.36. The molecule has 3 rings (SSSR count). The second-order valence-electron chi connectivity index (χ2n) is 5.33. The van der Waals surface area contributed by atoms with E-state index in [2.05, 4.69) is 0 Å². The molecule has 1 aliphatic heterocycles. The number of rotatable bonds is 3. The summed E-state index contributed by atoms with van der Waals surface area (Å²) in [6, 6.07) is 3.74. The first-order valence-electron chi connectivity index (χ1n) is 6.67. The summed E-state index contributed by atoms with van der Waals surface area (Å²) in [6.45, 7) is 0.625. The summed E-state index contributed by atoms with van der Waals surface area (Å²) < 4.78 is 10.7. The minimum absolute atomic E-state index is 0.119. The molecule has 0 spiro atoms. The van der Waals surface area contributed by atoms with Gasteiger partial charge >= 0.3 is 7.12 Å². The van der Waals surface area contributed by atoms with Gasteiger partial charge in [-0.3, -0.25) is 0 Å². The molecule has 1 saturated carbocycles. The first-order valence-corrected chi connectivity index (χ1v) is 6.67. The van der Waals surface area contributed by atoms with Crippen molar-refractivity contribution < 1.29 is 19.5 Å². The highest BCUT2D eigenvalue weighted by molar-refractivity contribution is 6.60. The lowest BCUT2D eigenvalue weighted by molar-refractivity contribution is 0.174. The summed E-state index contributed by atoms with van der Waals surface area (Å²) in [4.78, 5) is 0. The molecule has 1 aliphatic carbocycles. The Bertz CT molecular complexity index is 486. The van der Waals surface area contributed by atoms with Gasteiger partial charge in [0, 0.05) is 17.4 Å². The minimum atomic E-state index is -1.57. The molecule has 1 aromatic carbocycles. The largest absolute Gasteiger partial charge is 0.492 e. The molecule has 1 aromatic rings. The lowest BCUT2D eigenvalue weighted by atomic mass is 9.67. The Morgan fingerprint density at radius 2 is 1.95 bits per heavy atom. The number of ether oxygens (including phenoxy) is 2. The molecule has 4 N–H and O–H groups in total. The van der Waals surface area contributed by atoms with E-state index in [1.165, 1.54) is 0 Å². The van der Waals surface area contributed by atoms with Crippen molar-refractivity contribution in [3.05, 3.63) is 17.7 Å². The molecule has 0 aromatic heterocycles. The Kier molecular flexibility index (Phi) is 3.16. The van der Waals surface area contributed by atoms with Crippen LogP contribution in [0, 0.1) is 0 Å². The van der Waals surface area contributed by atoms with E-state index in [1.807, 2.05) is 12.1 Å². The van der Waals surface area contributed by atoms with Gasteiger partial charge in [0.2, 0.25) is 6.79 Å². The van der Waals surface area contributed by atoms with Gasteiger partial charge < -0.3 is 25.3 Å². The Morgan fingerprint density at radius 1 is 1.21 bits per heavy atom. The van der Waals surface area contributed by atoms with Crippen molar-refractivity contribution in [3.63, 3.8) is 0 Å². The highest BCUT2D eigenvalue weighted by atomic mass is 16.7. The van der Waals surface area contributed by atoms with E-state index < -0.39 is 7.12 Å². The molecule has 102 valence electrons. The van der Waals surface area contributed by atoms with Crippen LogP contribution < -0.4 is 20.7 Å². The highest BCUT2D eigenvalue weighted by Crippen LogP contribution is 2.42. The average molecular weight is 263 g/mol. The summed E-state index contributed by atoms with van der Waals surface area (Å²) in [5.41, 5.74) is 7.13. The van der Waals surface area contributed by atoms with Gasteiger partial charge in [0.25, 0.3) is 0 Å². The Labute approximate surface area is 112 Å². The zero-order valence-electron chi connectivity index (χ0n) is 10.8. The first-order chi connectivity index (χ1) is 9.18. The van der Waals surface area contributed by atoms with Gasteiger partial charge in [-0.2, -0.15) is 0 Å². The lowest BCUT2D eigenvalue weighted by Gasteiger charge is -2.30. The number of hydrogen-bond acceptors (Lipinski definition) is 5. The Hall–Kier alpha value is -1.24. The lowest BCUT2D eigenvalue weighted by Crippen LogP contribution is -2.43. The van der Waals surface area contributed by atoms with Gasteiger partial charge in [0.05, 0.1) is 0 Å². The second-order valence-corrected chi connectivity index (χ2v) is 5.33. The van der Waals surface area contributed by atoms with Crippen LogP contribution in [0.5, 0.6) is 11.5 Å². The van der Waals surface area contributed by atoms with Crippen LogP contribution in [0.2, 0.25) is 0 Å². The highest BCUT2D eigenvalue weighted by Gasteiger charge is 2.40. The van der Waals surface area contributed by atoms with Crippen LogP contribution in [0.3, 0.4) is 0 Å². The van der Waals surface area contributed by atoms with Crippen molar-refractivity contribution in [2.24, 2.45) is 5.73 Å². The minimum Gasteiger partial charge on any atom is -0.454 e. The van der Waals surface area contributed by atoms with Crippen molar-refractivity contribution in [2.75, 3.05) is 13.3 Å². The van der Waals surface area contributed by atoms with Crippen LogP contribution >= 0.6 is 0 Å². The number of benzene rings is 1. The molecule has 0 saturated heterocycles. The zero-order chi connectivity index (χ0) is 13.5. The third kappa shape index (κ3) is 1.91. The monoisotopic (exact) mass is 263 g/mol. The van der Waals surface area contributed by atoms with Crippen molar-refractivity contribution in [3.8, 4) is 11.5 Å². The van der Waals surface area contributed by atoms with Crippen molar-refractivity contribution in [1.29, 1.82) is 0 Å². The number of fused-ring (bicyclic) bond motifs is 1. The summed E-state index contributed by atoms with van der Waals surface area (Å²) in [5, 5.41) is 19.4. The maximum atomic E-state index is 9.72. The molecule has 19 heavy (non-hydrogen) atoms.